The summed E-state index contributed by atoms with van der Waals surface area (Å²) in [5.74, 6) is 0.713. The van der Waals surface area contributed by atoms with Gasteiger partial charge in [-0.25, -0.2) is 0 Å². The third-order valence-corrected chi connectivity index (χ3v) is 4.12. The second kappa shape index (κ2) is 6.29. The first kappa shape index (κ1) is 14.9. The quantitative estimate of drug-likeness (QED) is 0.679. The van der Waals surface area contributed by atoms with E-state index in [0.717, 1.165) is 19.6 Å². The Kier molecular flexibility index (Phi) is 4.69. The number of aryl methyl sites for hydroxylation is 1. The van der Waals surface area contributed by atoms with Crippen molar-refractivity contribution < 1.29 is 0 Å². The Balaban J connectivity index is 2.04. The highest BCUT2D eigenvalue weighted by atomic mass is 15.3. The first-order valence-electron chi connectivity index (χ1n) is 7.61. The molecule has 0 saturated carbocycles. The van der Waals surface area contributed by atoms with Gasteiger partial charge >= 0.3 is 0 Å². The topological polar surface area (TPSA) is 41.6 Å². The van der Waals surface area contributed by atoms with Gasteiger partial charge in [-0.05, 0) is 31.7 Å². The van der Waals surface area contributed by atoms with Crippen molar-refractivity contribution in [2.45, 2.75) is 45.4 Å². The molecule has 1 fully saturated rings. The molecule has 0 radical (unpaired) electrons. The molecule has 0 spiro atoms. The van der Waals surface area contributed by atoms with Gasteiger partial charge < -0.3 is 10.6 Å². The second-order valence-electron chi connectivity index (χ2n) is 6.48. The van der Waals surface area contributed by atoms with E-state index in [9.17, 15) is 0 Å². The number of benzene rings is 1. The fourth-order valence-corrected chi connectivity index (χ4v) is 2.66. The molecule has 0 aromatic heterocycles. The van der Waals surface area contributed by atoms with Crippen LogP contribution in [0.25, 0.3) is 0 Å². The largest absolute Gasteiger partial charge is 0.370 e. The van der Waals surface area contributed by atoms with Crippen molar-refractivity contribution in [2.24, 2.45) is 10.7 Å². The number of guanidine groups is 1. The predicted octanol–water partition coefficient (Wildman–Crippen LogP) is 3.07. The first-order chi connectivity index (χ1) is 9.49. The van der Waals surface area contributed by atoms with Crippen LogP contribution < -0.4 is 5.73 Å². The highest BCUT2D eigenvalue weighted by molar-refractivity contribution is 5.78. The van der Waals surface area contributed by atoms with Gasteiger partial charge in [0.15, 0.2) is 5.96 Å². The SMILES string of the molecule is Cc1cccc(C(C)(C)CN=C(N)N2CCCCC2)c1. The molecule has 0 unspecified atom stereocenters. The van der Waals surface area contributed by atoms with E-state index in [4.69, 9.17) is 5.73 Å². The Hall–Kier alpha value is -1.51. The van der Waals surface area contributed by atoms with Crippen molar-refractivity contribution in [1.82, 2.24) is 4.90 Å². The monoisotopic (exact) mass is 273 g/mol. The lowest BCUT2D eigenvalue weighted by atomic mass is 9.84. The van der Waals surface area contributed by atoms with Crippen LogP contribution in [0.4, 0.5) is 0 Å². The molecule has 3 nitrogen and oxygen atoms in total. The summed E-state index contributed by atoms with van der Waals surface area (Å²) in [6.45, 7) is 9.44. The van der Waals surface area contributed by atoms with Crippen LogP contribution in [0.1, 0.15) is 44.2 Å². The molecule has 2 rings (SSSR count). The van der Waals surface area contributed by atoms with E-state index in [1.807, 2.05) is 0 Å². The van der Waals surface area contributed by atoms with Crippen molar-refractivity contribution in [3.8, 4) is 0 Å². The third kappa shape index (κ3) is 3.75. The number of rotatable bonds is 3. The highest BCUT2D eigenvalue weighted by Gasteiger charge is 2.21. The number of nitrogens with zero attached hydrogens (tertiary/aromatic N) is 2. The summed E-state index contributed by atoms with van der Waals surface area (Å²) in [6, 6.07) is 8.67. The molecule has 1 aliphatic rings. The zero-order valence-corrected chi connectivity index (χ0v) is 13.0. The van der Waals surface area contributed by atoms with Gasteiger partial charge in [-0.1, -0.05) is 43.7 Å². The van der Waals surface area contributed by atoms with Crippen molar-refractivity contribution in [3.05, 3.63) is 35.4 Å². The summed E-state index contributed by atoms with van der Waals surface area (Å²) in [4.78, 5) is 6.86. The lowest BCUT2D eigenvalue weighted by Crippen LogP contribution is -2.41. The van der Waals surface area contributed by atoms with Gasteiger partial charge in [0, 0.05) is 18.5 Å². The molecular weight excluding hydrogens is 246 g/mol. The smallest absolute Gasteiger partial charge is 0.191 e. The van der Waals surface area contributed by atoms with Gasteiger partial charge in [-0.2, -0.15) is 0 Å². The van der Waals surface area contributed by atoms with Crippen LogP contribution in [-0.4, -0.2) is 30.5 Å². The van der Waals surface area contributed by atoms with Crippen LogP contribution in [0, 0.1) is 6.92 Å². The third-order valence-electron chi connectivity index (χ3n) is 4.12. The van der Waals surface area contributed by atoms with E-state index in [-0.39, 0.29) is 5.41 Å². The van der Waals surface area contributed by atoms with E-state index < -0.39 is 0 Å². The van der Waals surface area contributed by atoms with E-state index in [2.05, 4.69) is 54.9 Å². The van der Waals surface area contributed by atoms with Crippen LogP contribution >= 0.6 is 0 Å². The molecule has 20 heavy (non-hydrogen) atoms. The summed E-state index contributed by atoms with van der Waals surface area (Å²) in [7, 11) is 0. The maximum absolute atomic E-state index is 6.14. The normalized spacial score (nSPS) is 17.4. The molecule has 0 aliphatic carbocycles. The Bertz CT molecular complexity index is 471. The van der Waals surface area contributed by atoms with E-state index in [0.29, 0.717) is 5.96 Å². The summed E-state index contributed by atoms with van der Waals surface area (Å²) < 4.78 is 0. The number of hydrogen-bond donors (Lipinski definition) is 1. The van der Waals surface area contributed by atoms with E-state index in [1.165, 1.54) is 30.4 Å². The molecule has 1 heterocycles. The first-order valence-corrected chi connectivity index (χ1v) is 7.61. The maximum atomic E-state index is 6.14. The Morgan fingerprint density at radius 3 is 2.60 bits per heavy atom. The van der Waals surface area contributed by atoms with Crippen LogP contribution in [0.15, 0.2) is 29.3 Å². The number of hydrogen-bond acceptors (Lipinski definition) is 1. The summed E-state index contributed by atoms with van der Waals surface area (Å²) >= 11 is 0. The van der Waals surface area contributed by atoms with Gasteiger partial charge in [-0.15, -0.1) is 0 Å². The molecule has 0 bridgehead atoms. The lowest BCUT2D eigenvalue weighted by molar-refractivity contribution is 0.337. The van der Waals surface area contributed by atoms with E-state index >= 15 is 0 Å². The minimum atomic E-state index is 0.0203. The number of nitrogens with two attached hydrogens (primary N) is 1. The fraction of sp³-hybridized carbons (Fsp3) is 0.588. The highest BCUT2D eigenvalue weighted by Crippen LogP contribution is 2.24. The average molecular weight is 273 g/mol. The maximum Gasteiger partial charge on any atom is 0.191 e. The van der Waals surface area contributed by atoms with Gasteiger partial charge in [0.2, 0.25) is 0 Å². The van der Waals surface area contributed by atoms with Crippen molar-refractivity contribution in [3.63, 3.8) is 0 Å². The molecule has 110 valence electrons. The standard InChI is InChI=1S/C17H27N3/c1-14-8-7-9-15(12-14)17(2,3)13-19-16(18)20-10-5-4-6-11-20/h7-9,12H,4-6,10-11,13H2,1-3H3,(H2,18,19). The van der Waals surface area contributed by atoms with Crippen LogP contribution in [-0.2, 0) is 5.41 Å². The Morgan fingerprint density at radius 1 is 1.25 bits per heavy atom. The van der Waals surface area contributed by atoms with Crippen LogP contribution in [0.5, 0.6) is 0 Å². The molecule has 2 N–H and O–H groups in total. The number of aliphatic imine (C=N–C) groups is 1. The predicted molar refractivity (Wildman–Crippen MR) is 86.1 cm³/mol. The summed E-state index contributed by atoms with van der Waals surface area (Å²) in [5.41, 5.74) is 8.78. The minimum Gasteiger partial charge on any atom is -0.370 e. The Labute approximate surface area is 122 Å². The van der Waals surface area contributed by atoms with Crippen LogP contribution in [0.2, 0.25) is 0 Å². The lowest BCUT2D eigenvalue weighted by Gasteiger charge is -2.29. The van der Waals surface area contributed by atoms with Gasteiger partial charge in [0.25, 0.3) is 0 Å². The molecule has 1 saturated heterocycles. The summed E-state index contributed by atoms with van der Waals surface area (Å²) in [5, 5.41) is 0. The number of piperidine rings is 1. The van der Waals surface area contributed by atoms with Crippen molar-refractivity contribution >= 4 is 5.96 Å². The molecule has 1 aromatic carbocycles. The second-order valence-corrected chi connectivity index (χ2v) is 6.48. The molecular formula is C17H27N3. The minimum absolute atomic E-state index is 0.0203. The average Bonchev–Trinajstić information content (AvgIpc) is 2.46. The van der Waals surface area contributed by atoms with Crippen molar-refractivity contribution in [2.75, 3.05) is 19.6 Å². The Morgan fingerprint density at radius 2 is 1.95 bits per heavy atom. The van der Waals surface area contributed by atoms with Gasteiger partial charge in [0.05, 0.1) is 6.54 Å². The van der Waals surface area contributed by atoms with E-state index in [1.54, 1.807) is 0 Å². The molecule has 0 atom stereocenters. The van der Waals surface area contributed by atoms with Gasteiger partial charge in [0.1, 0.15) is 0 Å². The summed E-state index contributed by atoms with van der Waals surface area (Å²) in [6.07, 6.45) is 3.79. The fourth-order valence-electron chi connectivity index (χ4n) is 2.66. The molecule has 1 aromatic rings. The molecule has 3 heteroatoms. The zero-order valence-electron chi connectivity index (χ0n) is 13.0. The number of likely N-dealkylation sites (tertiary alicyclic amines) is 1. The van der Waals surface area contributed by atoms with Gasteiger partial charge in [-0.3, -0.25) is 4.99 Å². The van der Waals surface area contributed by atoms with Crippen LogP contribution in [0.3, 0.4) is 0 Å². The zero-order chi connectivity index (χ0) is 14.6. The van der Waals surface area contributed by atoms with Crippen molar-refractivity contribution in [1.29, 1.82) is 0 Å². The molecule has 1 aliphatic heterocycles. The molecule has 0 amide bonds.